The number of aromatic nitrogens is 3. The van der Waals surface area contributed by atoms with Gasteiger partial charge in [0.1, 0.15) is 11.7 Å². The summed E-state index contributed by atoms with van der Waals surface area (Å²) >= 11 is 0. The molecule has 0 radical (unpaired) electrons. The quantitative estimate of drug-likeness (QED) is 0.363. The average molecular weight is 559 g/mol. The van der Waals surface area contributed by atoms with E-state index in [2.05, 4.69) is 15.3 Å². The van der Waals surface area contributed by atoms with Gasteiger partial charge in [-0.1, -0.05) is 0 Å². The number of morpholine rings is 1. The molecule has 2 aliphatic rings. The summed E-state index contributed by atoms with van der Waals surface area (Å²) in [4.78, 5) is 35.0. The molecule has 0 spiro atoms. The Labute approximate surface area is 229 Å². The van der Waals surface area contributed by atoms with E-state index in [9.17, 15) is 23.5 Å². The van der Waals surface area contributed by atoms with Gasteiger partial charge in [-0.3, -0.25) is 14.0 Å². The third kappa shape index (κ3) is 5.99. The number of imidazole rings is 1. The van der Waals surface area contributed by atoms with E-state index < -0.39 is 24.1 Å². The van der Waals surface area contributed by atoms with Gasteiger partial charge in [0, 0.05) is 38.1 Å². The predicted octanol–water partition coefficient (Wildman–Crippen LogP) is 2.47. The zero-order valence-corrected chi connectivity index (χ0v) is 21.8. The van der Waals surface area contributed by atoms with Crippen LogP contribution in [0.15, 0.2) is 36.7 Å². The molecule has 4 heterocycles. The highest BCUT2D eigenvalue weighted by atomic mass is 19.3. The van der Waals surface area contributed by atoms with Crippen molar-refractivity contribution < 1.29 is 33.0 Å². The van der Waals surface area contributed by atoms with Crippen LogP contribution in [0.2, 0.25) is 0 Å². The van der Waals surface area contributed by atoms with E-state index in [4.69, 9.17) is 15.2 Å². The topological polar surface area (TPSA) is 144 Å². The van der Waals surface area contributed by atoms with Crippen LogP contribution < -0.4 is 20.7 Å². The van der Waals surface area contributed by atoms with Crippen LogP contribution in [0.4, 0.5) is 14.5 Å². The molecule has 214 valence electrons. The lowest BCUT2D eigenvalue weighted by Crippen LogP contribution is -2.43. The smallest absolute Gasteiger partial charge is 0.295 e. The van der Waals surface area contributed by atoms with Gasteiger partial charge in [0.05, 0.1) is 23.9 Å². The van der Waals surface area contributed by atoms with E-state index >= 15 is 0 Å². The van der Waals surface area contributed by atoms with Crippen LogP contribution in [-0.4, -0.2) is 75.8 Å². The van der Waals surface area contributed by atoms with Gasteiger partial charge in [-0.25, -0.2) is 18.7 Å². The molecule has 40 heavy (non-hydrogen) atoms. The van der Waals surface area contributed by atoms with Crippen molar-refractivity contribution in [3.05, 3.63) is 53.7 Å². The lowest BCUT2D eigenvalue weighted by molar-refractivity contribution is 0.0246. The Morgan fingerprint density at radius 1 is 1.23 bits per heavy atom. The first-order valence-corrected chi connectivity index (χ1v) is 13.3. The summed E-state index contributed by atoms with van der Waals surface area (Å²) in [5, 5.41) is 12.2. The summed E-state index contributed by atoms with van der Waals surface area (Å²) in [5.74, 6) is -1.45. The molecule has 3 aromatic rings. The first-order chi connectivity index (χ1) is 19.3. The lowest BCUT2D eigenvalue weighted by Gasteiger charge is -2.34. The van der Waals surface area contributed by atoms with E-state index in [1.165, 1.54) is 10.6 Å². The molecule has 1 saturated carbocycles. The summed E-state index contributed by atoms with van der Waals surface area (Å²) in [5.41, 5.74) is 6.55. The third-order valence-corrected chi connectivity index (χ3v) is 7.34. The molecular weight excluding hydrogens is 526 g/mol. The number of aliphatic hydroxyl groups is 1. The van der Waals surface area contributed by atoms with Crippen LogP contribution in [0, 0.1) is 0 Å². The minimum atomic E-state index is -2.87. The fraction of sp³-hybridized carbons (Fsp3) is 0.481. The molecule has 1 saturated heterocycles. The summed E-state index contributed by atoms with van der Waals surface area (Å²) in [6.07, 6.45) is 2.76. The minimum absolute atomic E-state index is 0.00218. The Kier molecular flexibility index (Phi) is 8.40. The van der Waals surface area contributed by atoms with Gasteiger partial charge in [0.25, 0.3) is 18.2 Å². The van der Waals surface area contributed by atoms with Crippen molar-refractivity contribution in [3.63, 3.8) is 0 Å². The van der Waals surface area contributed by atoms with Crippen LogP contribution in [-0.2, 0) is 4.74 Å². The first kappa shape index (κ1) is 27.7. The Hall–Kier alpha value is -3.84. The van der Waals surface area contributed by atoms with Crippen LogP contribution in [0.1, 0.15) is 65.2 Å². The highest BCUT2D eigenvalue weighted by Crippen LogP contribution is 2.28. The fourth-order valence-corrected chi connectivity index (χ4v) is 5.29. The van der Waals surface area contributed by atoms with Gasteiger partial charge in [0.15, 0.2) is 11.5 Å². The molecule has 1 atom stereocenters. The number of primary amides is 1. The van der Waals surface area contributed by atoms with Crippen molar-refractivity contribution in [1.82, 2.24) is 19.7 Å². The Morgan fingerprint density at radius 3 is 2.75 bits per heavy atom. The molecule has 2 amide bonds. The van der Waals surface area contributed by atoms with Gasteiger partial charge in [-0.2, -0.15) is 0 Å². The second kappa shape index (κ2) is 12.1. The number of pyridine rings is 2. The number of nitrogens with zero attached hydrogens (tertiary/aromatic N) is 4. The second-order valence-corrected chi connectivity index (χ2v) is 10.00. The number of carbonyl (C=O) groups is 2. The fourth-order valence-electron chi connectivity index (χ4n) is 5.29. The molecule has 1 aliphatic heterocycles. The van der Waals surface area contributed by atoms with E-state index in [0.717, 1.165) is 0 Å². The van der Waals surface area contributed by atoms with E-state index in [1.54, 1.807) is 30.5 Å². The molecule has 0 aromatic carbocycles. The number of aliphatic hydroxyl groups excluding tert-OH is 1. The predicted molar refractivity (Wildman–Crippen MR) is 141 cm³/mol. The number of nitrogens with one attached hydrogen (secondary N) is 1. The maximum absolute atomic E-state index is 13.9. The van der Waals surface area contributed by atoms with Crippen LogP contribution in [0.5, 0.6) is 5.88 Å². The van der Waals surface area contributed by atoms with E-state index in [0.29, 0.717) is 63.0 Å². The molecule has 3 aromatic heterocycles. The minimum Gasteiger partial charge on any atom is -0.474 e. The molecule has 2 fully saturated rings. The number of rotatable bonds is 9. The summed E-state index contributed by atoms with van der Waals surface area (Å²) < 4.78 is 40.7. The van der Waals surface area contributed by atoms with Crippen molar-refractivity contribution in [3.8, 4) is 5.88 Å². The summed E-state index contributed by atoms with van der Waals surface area (Å²) in [6.45, 7) is 1.57. The number of anilines is 1. The lowest BCUT2D eigenvalue weighted by atomic mass is 9.93. The molecule has 4 N–H and O–H groups in total. The highest BCUT2D eigenvalue weighted by molar-refractivity contribution is 5.99. The van der Waals surface area contributed by atoms with Crippen molar-refractivity contribution in [1.29, 1.82) is 0 Å². The normalized spacial score (nSPS) is 21.5. The van der Waals surface area contributed by atoms with Crippen LogP contribution in [0.25, 0.3) is 5.52 Å². The molecular formula is C27H32F2N6O5. The van der Waals surface area contributed by atoms with Gasteiger partial charge < -0.3 is 30.5 Å². The summed E-state index contributed by atoms with van der Waals surface area (Å²) in [7, 11) is 0. The van der Waals surface area contributed by atoms with Crippen molar-refractivity contribution >= 4 is 23.0 Å². The number of amides is 2. The van der Waals surface area contributed by atoms with E-state index in [-0.39, 0.29) is 42.0 Å². The number of carbonyl (C=O) groups excluding carboxylic acids is 2. The van der Waals surface area contributed by atoms with E-state index in [1.807, 2.05) is 4.90 Å². The van der Waals surface area contributed by atoms with Gasteiger partial charge in [-0.15, -0.1) is 0 Å². The number of alkyl halides is 2. The molecule has 1 unspecified atom stereocenters. The van der Waals surface area contributed by atoms with Gasteiger partial charge >= 0.3 is 0 Å². The zero-order chi connectivity index (χ0) is 28.2. The molecule has 13 heteroatoms. The molecule has 5 rings (SSSR count). The number of nitrogens with two attached hydrogens (primary N) is 1. The van der Waals surface area contributed by atoms with Crippen molar-refractivity contribution in [2.45, 2.75) is 56.8 Å². The van der Waals surface area contributed by atoms with Gasteiger partial charge in [0.2, 0.25) is 5.88 Å². The van der Waals surface area contributed by atoms with Crippen LogP contribution >= 0.6 is 0 Å². The number of ether oxygens (including phenoxy) is 2. The number of fused-ring (bicyclic) bond motifs is 1. The Bertz CT molecular complexity index is 1360. The van der Waals surface area contributed by atoms with Crippen molar-refractivity contribution in [2.75, 3.05) is 31.2 Å². The molecule has 0 bridgehead atoms. The van der Waals surface area contributed by atoms with Crippen molar-refractivity contribution in [2.24, 2.45) is 5.73 Å². The Morgan fingerprint density at radius 2 is 2.02 bits per heavy atom. The Balaban J connectivity index is 1.26. The standard InChI is InChI=1S/C27H32F2N6O5/c28-23(29)25-33-22(21-8-5-17(14-35(21)25)34-11-13-39-19(15-34)9-12-36)26(38)32-16-3-6-18(7-4-16)40-27-20(24(30)37)2-1-10-31-27/h1-2,5,8,10,14,16,18-19,23,36H,3-4,6-7,9,11-13,15H2,(H2,30,37)(H,32,38). The number of hydrogen-bond acceptors (Lipinski definition) is 8. The maximum atomic E-state index is 13.9. The van der Waals surface area contributed by atoms with Gasteiger partial charge in [-0.05, 0) is 56.4 Å². The second-order valence-electron chi connectivity index (χ2n) is 10.00. The third-order valence-electron chi connectivity index (χ3n) is 7.34. The monoisotopic (exact) mass is 558 g/mol. The number of hydrogen-bond donors (Lipinski definition) is 3. The van der Waals surface area contributed by atoms with Crippen LogP contribution in [0.3, 0.4) is 0 Å². The average Bonchev–Trinajstić information content (AvgIpc) is 3.34. The number of halogens is 2. The highest BCUT2D eigenvalue weighted by Gasteiger charge is 2.29. The SMILES string of the molecule is NC(=O)c1cccnc1OC1CCC(NC(=O)c2nc(C(F)F)n3cc(N4CCOC(CCO)C4)ccc23)CC1. The largest absolute Gasteiger partial charge is 0.474 e. The molecule has 1 aliphatic carbocycles. The maximum Gasteiger partial charge on any atom is 0.295 e. The first-order valence-electron chi connectivity index (χ1n) is 13.3. The summed E-state index contributed by atoms with van der Waals surface area (Å²) in [6, 6.07) is 6.39. The zero-order valence-electron chi connectivity index (χ0n) is 21.8. The molecule has 11 nitrogen and oxygen atoms in total.